The van der Waals surface area contributed by atoms with Crippen LogP contribution in [0.3, 0.4) is 0 Å². The highest BCUT2D eigenvalue weighted by Crippen LogP contribution is 2.11. The maximum atomic E-state index is 12.8. The van der Waals surface area contributed by atoms with E-state index < -0.39 is 11.7 Å². The van der Waals surface area contributed by atoms with E-state index in [0.717, 1.165) is 0 Å². The number of methoxy groups -OCH3 is 1. The molecule has 0 bridgehead atoms. The van der Waals surface area contributed by atoms with Crippen LogP contribution in [-0.4, -0.2) is 18.9 Å². The Morgan fingerprint density at radius 3 is 2.15 bits per heavy atom. The van der Waals surface area contributed by atoms with Crippen molar-refractivity contribution in [2.24, 2.45) is 0 Å². The lowest BCUT2D eigenvalue weighted by Crippen LogP contribution is -2.30. The summed E-state index contributed by atoms with van der Waals surface area (Å²) in [5.41, 5.74) is 0.853. The van der Waals surface area contributed by atoms with Crippen LogP contribution in [0.1, 0.15) is 15.9 Å². The summed E-state index contributed by atoms with van der Waals surface area (Å²) in [6.45, 7) is 0. The van der Waals surface area contributed by atoms with Gasteiger partial charge in [0.25, 0.3) is 5.91 Å². The lowest BCUT2D eigenvalue weighted by molar-refractivity contribution is 0.0977. The monoisotopic (exact) mass is 272 g/mol. The topological polar surface area (TPSA) is 62.2 Å². The molecule has 0 atom stereocenters. The highest BCUT2D eigenvalue weighted by molar-refractivity contribution is 6.11. The largest absolute Gasteiger partial charge is 0.497 e. The van der Waals surface area contributed by atoms with E-state index in [4.69, 9.17) is 10.1 Å². The summed E-state index contributed by atoms with van der Waals surface area (Å²) in [7, 11) is 1.55. The SMILES string of the molecule is COc1ccc(C(=N)NC(=O)c2ccc(F)cc2)cc1. The summed E-state index contributed by atoms with van der Waals surface area (Å²) >= 11 is 0. The second-order valence-corrected chi connectivity index (χ2v) is 4.06. The van der Waals surface area contributed by atoms with Gasteiger partial charge in [-0.05, 0) is 48.5 Å². The van der Waals surface area contributed by atoms with E-state index in [1.807, 2.05) is 0 Å². The Morgan fingerprint density at radius 2 is 1.60 bits per heavy atom. The van der Waals surface area contributed by atoms with Crippen LogP contribution in [0.2, 0.25) is 0 Å². The summed E-state index contributed by atoms with van der Waals surface area (Å²) in [6, 6.07) is 11.9. The highest BCUT2D eigenvalue weighted by atomic mass is 19.1. The molecule has 0 aliphatic rings. The van der Waals surface area contributed by atoms with Gasteiger partial charge in [-0.15, -0.1) is 0 Å². The summed E-state index contributed by atoms with van der Waals surface area (Å²) in [6.07, 6.45) is 0. The van der Waals surface area contributed by atoms with Gasteiger partial charge in [-0.3, -0.25) is 10.2 Å². The lowest BCUT2D eigenvalue weighted by atomic mass is 10.1. The van der Waals surface area contributed by atoms with Gasteiger partial charge >= 0.3 is 0 Å². The van der Waals surface area contributed by atoms with E-state index in [1.165, 1.54) is 24.3 Å². The molecule has 2 N–H and O–H groups in total. The Bertz CT molecular complexity index is 621. The van der Waals surface area contributed by atoms with Crippen molar-refractivity contribution in [1.82, 2.24) is 5.32 Å². The van der Waals surface area contributed by atoms with Crippen molar-refractivity contribution in [2.45, 2.75) is 0 Å². The van der Waals surface area contributed by atoms with Crippen LogP contribution in [-0.2, 0) is 0 Å². The van der Waals surface area contributed by atoms with E-state index >= 15 is 0 Å². The number of hydrogen-bond donors (Lipinski definition) is 2. The fraction of sp³-hybridized carbons (Fsp3) is 0.0667. The molecular weight excluding hydrogens is 259 g/mol. The Morgan fingerprint density at radius 1 is 1.05 bits per heavy atom. The van der Waals surface area contributed by atoms with Crippen LogP contribution >= 0.6 is 0 Å². The van der Waals surface area contributed by atoms with Gasteiger partial charge in [0, 0.05) is 11.1 Å². The van der Waals surface area contributed by atoms with E-state index in [0.29, 0.717) is 16.9 Å². The molecule has 1 amide bonds. The molecule has 0 aliphatic carbocycles. The van der Waals surface area contributed by atoms with Gasteiger partial charge in [0.15, 0.2) is 0 Å². The summed E-state index contributed by atoms with van der Waals surface area (Å²) in [4.78, 5) is 11.9. The molecule has 0 spiro atoms. The fourth-order valence-electron chi connectivity index (χ4n) is 1.62. The molecule has 2 aromatic carbocycles. The average molecular weight is 272 g/mol. The Kier molecular flexibility index (Phi) is 4.10. The third-order valence-electron chi connectivity index (χ3n) is 2.72. The van der Waals surface area contributed by atoms with Crippen molar-refractivity contribution in [2.75, 3.05) is 7.11 Å². The number of benzene rings is 2. The van der Waals surface area contributed by atoms with Crippen molar-refractivity contribution in [3.05, 3.63) is 65.5 Å². The standard InChI is InChI=1S/C15H13FN2O2/c1-20-13-8-4-10(5-9-13)14(17)18-15(19)11-2-6-12(16)7-3-11/h2-9H,1H3,(H2,17,18,19). The second-order valence-electron chi connectivity index (χ2n) is 4.06. The molecule has 0 aromatic heterocycles. The van der Waals surface area contributed by atoms with Gasteiger partial charge in [0.05, 0.1) is 7.11 Å². The summed E-state index contributed by atoms with van der Waals surface area (Å²) < 4.78 is 17.8. The van der Waals surface area contributed by atoms with Crippen LogP contribution in [0.25, 0.3) is 0 Å². The molecule has 20 heavy (non-hydrogen) atoms. The third kappa shape index (κ3) is 3.20. The maximum Gasteiger partial charge on any atom is 0.256 e. The van der Waals surface area contributed by atoms with E-state index in [9.17, 15) is 9.18 Å². The van der Waals surface area contributed by atoms with E-state index in [1.54, 1.807) is 31.4 Å². The van der Waals surface area contributed by atoms with Crippen molar-refractivity contribution in [3.8, 4) is 5.75 Å². The lowest BCUT2D eigenvalue weighted by Gasteiger charge is -2.07. The van der Waals surface area contributed by atoms with Gasteiger partial charge in [-0.2, -0.15) is 0 Å². The smallest absolute Gasteiger partial charge is 0.256 e. The zero-order valence-corrected chi connectivity index (χ0v) is 10.8. The Labute approximate surface area is 115 Å². The number of ether oxygens (including phenoxy) is 1. The fourth-order valence-corrected chi connectivity index (χ4v) is 1.62. The molecule has 0 fully saturated rings. The molecule has 102 valence electrons. The molecular formula is C15H13FN2O2. The van der Waals surface area contributed by atoms with Gasteiger partial charge in [0.1, 0.15) is 17.4 Å². The van der Waals surface area contributed by atoms with Gasteiger partial charge in [-0.25, -0.2) is 4.39 Å². The van der Waals surface area contributed by atoms with Crippen LogP contribution in [0, 0.1) is 11.2 Å². The summed E-state index contributed by atoms with van der Waals surface area (Å²) in [5.74, 6) is -0.217. The third-order valence-corrected chi connectivity index (χ3v) is 2.72. The van der Waals surface area contributed by atoms with E-state index in [2.05, 4.69) is 5.32 Å². The zero-order chi connectivity index (χ0) is 14.5. The highest BCUT2D eigenvalue weighted by Gasteiger charge is 2.09. The number of amides is 1. The summed E-state index contributed by atoms with van der Waals surface area (Å²) in [5, 5.41) is 10.3. The molecule has 0 saturated carbocycles. The van der Waals surface area contributed by atoms with Gasteiger partial charge in [0.2, 0.25) is 0 Å². The first-order valence-electron chi connectivity index (χ1n) is 5.90. The predicted molar refractivity (Wildman–Crippen MR) is 73.7 cm³/mol. The molecule has 0 saturated heterocycles. The van der Waals surface area contributed by atoms with Crippen molar-refractivity contribution >= 4 is 11.7 Å². The molecule has 0 heterocycles. The van der Waals surface area contributed by atoms with Crippen molar-refractivity contribution < 1.29 is 13.9 Å². The van der Waals surface area contributed by atoms with Crippen LogP contribution < -0.4 is 10.1 Å². The molecule has 2 rings (SSSR count). The van der Waals surface area contributed by atoms with Crippen molar-refractivity contribution in [3.63, 3.8) is 0 Å². The minimum Gasteiger partial charge on any atom is -0.497 e. The number of halogens is 1. The average Bonchev–Trinajstić information content (AvgIpc) is 2.48. The zero-order valence-electron chi connectivity index (χ0n) is 10.8. The number of carbonyl (C=O) groups excluding carboxylic acids is 1. The first kappa shape index (κ1) is 13.7. The number of hydrogen-bond acceptors (Lipinski definition) is 3. The van der Waals surface area contributed by atoms with Crippen LogP contribution in [0.15, 0.2) is 48.5 Å². The molecule has 0 radical (unpaired) electrons. The quantitative estimate of drug-likeness (QED) is 0.666. The Balaban J connectivity index is 2.06. The molecule has 0 aliphatic heterocycles. The van der Waals surface area contributed by atoms with Gasteiger partial charge in [-0.1, -0.05) is 0 Å². The van der Waals surface area contributed by atoms with Crippen LogP contribution in [0.5, 0.6) is 5.75 Å². The number of amidine groups is 1. The molecule has 5 heteroatoms. The minimum absolute atomic E-state index is 0.0259. The normalized spacial score (nSPS) is 9.90. The van der Waals surface area contributed by atoms with Crippen LogP contribution in [0.4, 0.5) is 4.39 Å². The molecule has 2 aromatic rings. The van der Waals surface area contributed by atoms with Crippen molar-refractivity contribution in [1.29, 1.82) is 5.41 Å². The first-order chi connectivity index (χ1) is 9.60. The first-order valence-corrected chi connectivity index (χ1v) is 5.90. The maximum absolute atomic E-state index is 12.8. The number of rotatable bonds is 3. The Hall–Kier alpha value is -2.69. The molecule has 0 unspecified atom stereocenters. The predicted octanol–water partition coefficient (Wildman–Crippen LogP) is 2.59. The van der Waals surface area contributed by atoms with Gasteiger partial charge < -0.3 is 10.1 Å². The van der Waals surface area contributed by atoms with E-state index in [-0.39, 0.29) is 5.84 Å². The minimum atomic E-state index is -0.453. The number of nitrogens with one attached hydrogen (secondary N) is 2. The molecule has 4 nitrogen and oxygen atoms in total. The number of carbonyl (C=O) groups is 1. The second kappa shape index (κ2) is 5.97.